The van der Waals surface area contributed by atoms with Crippen LogP contribution in [0.4, 0.5) is 10.5 Å². The number of phenols is 1. The van der Waals surface area contributed by atoms with Gasteiger partial charge in [-0.3, -0.25) is 19.5 Å². The van der Waals surface area contributed by atoms with Crippen LogP contribution in [0.3, 0.4) is 0 Å². The van der Waals surface area contributed by atoms with Gasteiger partial charge in [-0.1, -0.05) is 18.2 Å². The average Bonchev–Trinajstić information content (AvgIpc) is 3.39. The number of amides is 3. The van der Waals surface area contributed by atoms with E-state index in [1.54, 1.807) is 12.1 Å². The van der Waals surface area contributed by atoms with Crippen LogP contribution in [-0.2, 0) is 16.1 Å². The van der Waals surface area contributed by atoms with Gasteiger partial charge in [0.2, 0.25) is 5.91 Å². The first kappa shape index (κ1) is 29.2. The molecule has 2 aromatic carbocycles. The van der Waals surface area contributed by atoms with Gasteiger partial charge < -0.3 is 24.4 Å². The highest BCUT2D eigenvalue weighted by Gasteiger charge is 2.41. The molecule has 0 unspecified atom stereocenters. The monoisotopic (exact) mass is 565 g/mol. The zero-order chi connectivity index (χ0) is 28.9. The second kappa shape index (κ2) is 13.1. The first-order chi connectivity index (χ1) is 19.8. The third kappa shape index (κ3) is 6.94. The van der Waals surface area contributed by atoms with Crippen LogP contribution in [0.15, 0.2) is 42.5 Å². The molecule has 0 radical (unpaired) electrons. The van der Waals surface area contributed by atoms with Gasteiger partial charge in [-0.2, -0.15) is 0 Å². The minimum absolute atomic E-state index is 0.0904. The average molecular weight is 566 g/mol. The second-order valence-corrected chi connectivity index (χ2v) is 11.5. The molecule has 3 heterocycles. The van der Waals surface area contributed by atoms with Crippen LogP contribution in [0.25, 0.3) is 0 Å². The molecule has 0 aromatic heterocycles. The Bertz CT molecular complexity index is 1200. The molecule has 0 saturated carbocycles. The summed E-state index contributed by atoms with van der Waals surface area (Å²) in [5, 5.41) is 10.3. The summed E-state index contributed by atoms with van der Waals surface area (Å²) >= 11 is 0. The molecule has 3 saturated heterocycles. The molecule has 2 bridgehead atoms. The van der Waals surface area contributed by atoms with Crippen LogP contribution in [0, 0.1) is 5.92 Å². The molecule has 2 atom stereocenters. The van der Waals surface area contributed by atoms with Crippen LogP contribution in [0.5, 0.6) is 11.5 Å². The van der Waals surface area contributed by atoms with E-state index in [0.717, 1.165) is 42.9 Å². The van der Waals surface area contributed by atoms with E-state index in [1.165, 1.54) is 12.0 Å². The van der Waals surface area contributed by atoms with E-state index >= 15 is 0 Å². The SMILES string of the molecule is COc1ccc(CN2CCC(=O)N(CCN3CCOCC3)C(=O)N3C[C@H](C[C@@H]3c3ccc(N(C)C)cc3)C2)cc1O. The number of phenolic OH excluding ortho intramolecular Hbond substituents is 1. The molecule has 10 nitrogen and oxygen atoms in total. The Morgan fingerprint density at radius 1 is 0.976 bits per heavy atom. The summed E-state index contributed by atoms with van der Waals surface area (Å²) in [6.45, 7) is 6.52. The quantitative estimate of drug-likeness (QED) is 0.523. The number of hydrogen-bond donors (Lipinski definition) is 1. The van der Waals surface area contributed by atoms with E-state index in [9.17, 15) is 14.7 Å². The number of methoxy groups -OCH3 is 1. The molecule has 0 spiro atoms. The maximum atomic E-state index is 14.1. The van der Waals surface area contributed by atoms with Crippen molar-refractivity contribution < 1.29 is 24.2 Å². The number of morpholine rings is 1. The minimum Gasteiger partial charge on any atom is -0.504 e. The molecule has 3 aliphatic rings. The van der Waals surface area contributed by atoms with E-state index < -0.39 is 0 Å². The number of anilines is 1. The van der Waals surface area contributed by atoms with Gasteiger partial charge in [0, 0.05) is 78.6 Å². The first-order valence-corrected chi connectivity index (χ1v) is 14.6. The minimum atomic E-state index is -0.180. The zero-order valence-electron chi connectivity index (χ0n) is 24.5. The van der Waals surface area contributed by atoms with Crippen LogP contribution >= 0.6 is 0 Å². The fourth-order valence-corrected chi connectivity index (χ4v) is 6.21. The van der Waals surface area contributed by atoms with Gasteiger partial charge in [0.15, 0.2) is 11.5 Å². The van der Waals surface area contributed by atoms with Gasteiger partial charge >= 0.3 is 6.03 Å². The fraction of sp³-hybridized carbons (Fsp3) is 0.548. The van der Waals surface area contributed by atoms with Crippen LogP contribution in [0.2, 0.25) is 0 Å². The van der Waals surface area contributed by atoms with E-state index in [1.807, 2.05) is 25.1 Å². The molecule has 0 aliphatic carbocycles. The lowest BCUT2D eigenvalue weighted by molar-refractivity contribution is -0.129. The molecule has 2 aromatic rings. The van der Waals surface area contributed by atoms with Crippen molar-refractivity contribution in [3.63, 3.8) is 0 Å². The normalized spacial score (nSPS) is 22.7. The lowest BCUT2D eigenvalue weighted by Crippen LogP contribution is -2.51. The molecular formula is C31H43N5O5. The fourth-order valence-electron chi connectivity index (χ4n) is 6.21. The van der Waals surface area contributed by atoms with Gasteiger partial charge in [0.05, 0.1) is 26.4 Å². The first-order valence-electron chi connectivity index (χ1n) is 14.6. The Morgan fingerprint density at radius 2 is 1.73 bits per heavy atom. The molecule has 3 amide bonds. The molecule has 3 aliphatic heterocycles. The number of urea groups is 1. The Morgan fingerprint density at radius 3 is 2.41 bits per heavy atom. The lowest BCUT2D eigenvalue weighted by atomic mass is 9.98. The van der Waals surface area contributed by atoms with Crippen LogP contribution in [-0.4, -0.2) is 117 Å². The predicted molar refractivity (Wildman–Crippen MR) is 157 cm³/mol. The Balaban J connectivity index is 1.39. The number of hydrogen-bond acceptors (Lipinski definition) is 8. The number of imide groups is 1. The summed E-state index contributed by atoms with van der Waals surface area (Å²) in [7, 11) is 5.57. The van der Waals surface area contributed by atoms with Gasteiger partial charge in [-0.15, -0.1) is 0 Å². The molecular weight excluding hydrogens is 522 g/mol. The summed E-state index contributed by atoms with van der Waals surface area (Å²) in [6, 6.07) is 13.6. The van der Waals surface area contributed by atoms with E-state index in [2.05, 4.69) is 39.0 Å². The van der Waals surface area contributed by atoms with Gasteiger partial charge in [0.25, 0.3) is 0 Å². The lowest BCUT2D eigenvalue weighted by Gasteiger charge is -2.34. The Kier molecular flexibility index (Phi) is 9.32. The van der Waals surface area contributed by atoms with E-state index in [-0.39, 0.29) is 36.1 Å². The largest absolute Gasteiger partial charge is 0.504 e. The highest BCUT2D eigenvalue weighted by molar-refractivity contribution is 5.95. The standard InChI is InChI=1S/C31H43N5O5/c1-32(2)26-7-5-25(6-8-26)27-18-24-21-34(20-23-4-9-29(40-3)28(37)19-23)11-10-30(38)35(31(39)36(27)22-24)13-12-33-14-16-41-17-15-33/h4-9,19,24,27,37H,10-18,20-22H2,1-3H3/t24-,27-/m1/s1. The molecule has 10 heteroatoms. The van der Waals surface area contributed by atoms with E-state index in [0.29, 0.717) is 51.7 Å². The van der Waals surface area contributed by atoms with Crippen molar-refractivity contribution in [2.45, 2.75) is 25.4 Å². The maximum absolute atomic E-state index is 14.1. The summed E-state index contributed by atoms with van der Waals surface area (Å²) < 4.78 is 10.7. The van der Waals surface area contributed by atoms with Crippen molar-refractivity contribution in [1.29, 1.82) is 0 Å². The van der Waals surface area contributed by atoms with Gasteiger partial charge in [-0.25, -0.2) is 4.79 Å². The second-order valence-electron chi connectivity index (χ2n) is 11.5. The summed E-state index contributed by atoms with van der Waals surface area (Å²) in [5.41, 5.74) is 3.16. The highest BCUT2D eigenvalue weighted by Crippen LogP contribution is 2.38. The third-order valence-electron chi connectivity index (χ3n) is 8.51. The van der Waals surface area contributed by atoms with Crippen LogP contribution in [0.1, 0.15) is 30.0 Å². The number of fused-ring (bicyclic) bond motifs is 2. The Hall–Kier alpha value is -3.34. The van der Waals surface area contributed by atoms with Crippen molar-refractivity contribution in [3.05, 3.63) is 53.6 Å². The summed E-state index contributed by atoms with van der Waals surface area (Å²) in [5.74, 6) is 0.667. The number of carbonyl (C=O) groups excluding carboxylic acids is 2. The van der Waals surface area contributed by atoms with Crippen molar-refractivity contribution in [3.8, 4) is 11.5 Å². The van der Waals surface area contributed by atoms with Gasteiger partial charge in [-0.05, 0) is 47.7 Å². The number of rotatable bonds is 8. The smallest absolute Gasteiger partial charge is 0.327 e. The van der Waals surface area contributed by atoms with Crippen molar-refractivity contribution in [1.82, 2.24) is 19.6 Å². The predicted octanol–water partition coefficient (Wildman–Crippen LogP) is 3.02. The maximum Gasteiger partial charge on any atom is 0.327 e. The number of benzene rings is 2. The van der Waals surface area contributed by atoms with Crippen molar-refractivity contribution >= 4 is 17.6 Å². The topological polar surface area (TPSA) is 89.0 Å². The highest BCUT2D eigenvalue weighted by atomic mass is 16.5. The van der Waals surface area contributed by atoms with Crippen molar-refractivity contribution in [2.24, 2.45) is 5.92 Å². The third-order valence-corrected chi connectivity index (χ3v) is 8.51. The van der Waals surface area contributed by atoms with Crippen molar-refractivity contribution in [2.75, 3.05) is 85.1 Å². The van der Waals surface area contributed by atoms with Gasteiger partial charge in [0.1, 0.15) is 0 Å². The molecule has 1 N–H and O–H groups in total. The van der Waals surface area contributed by atoms with Crippen LogP contribution < -0.4 is 9.64 Å². The summed E-state index contributed by atoms with van der Waals surface area (Å²) in [6.07, 6.45) is 1.10. The zero-order valence-corrected chi connectivity index (χ0v) is 24.5. The molecule has 222 valence electrons. The molecule has 41 heavy (non-hydrogen) atoms. The number of ether oxygens (including phenoxy) is 2. The molecule has 5 rings (SSSR count). The number of aromatic hydroxyl groups is 1. The number of carbonyl (C=O) groups is 2. The Labute approximate surface area is 243 Å². The van der Waals surface area contributed by atoms with E-state index in [4.69, 9.17) is 9.47 Å². The summed E-state index contributed by atoms with van der Waals surface area (Å²) in [4.78, 5) is 37.7. The molecule has 3 fully saturated rings. The number of nitrogens with zero attached hydrogens (tertiary/aromatic N) is 5.